The molecule has 10 nitrogen and oxygen atoms in total. The molecule has 3 aromatic rings. The maximum Gasteiger partial charge on any atom is 0.273 e. The van der Waals surface area contributed by atoms with Gasteiger partial charge in [0.15, 0.2) is 5.69 Å². The lowest BCUT2D eigenvalue weighted by Crippen LogP contribution is -2.26. The lowest BCUT2D eigenvalue weighted by atomic mass is 10.1. The number of amides is 2. The number of nitrogens with one attached hydrogen (secondary N) is 2. The van der Waals surface area contributed by atoms with Gasteiger partial charge in [0.2, 0.25) is 0 Å². The number of benzene rings is 2. The molecule has 1 aromatic heterocycles. The van der Waals surface area contributed by atoms with Crippen LogP contribution in [0.5, 0.6) is 5.75 Å². The van der Waals surface area contributed by atoms with E-state index in [1.165, 1.54) is 18.2 Å². The number of aromatic nitrogens is 2. The van der Waals surface area contributed by atoms with Crippen LogP contribution in [0.25, 0.3) is 0 Å². The van der Waals surface area contributed by atoms with Crippen LogP contribution in [-0.2, 0) is 13.2 Å². The molecule has 0 radical (unpaired) electrons. The van der Waals surface area contributed by atoms with Crippen molar-refractivity contribution in [3.05, 3.63) is 80.6 Å². The Bertz CT molecular complexity index is 1190. The molecule has 34 heavy (non-hydrogen) atoms. The Morgan fingerprint density at radius 2 is 1.88 bits per heavy atom. The lowest BCUT2D eigenvalue weighted by Gasteiger charge is -2.09. The van der Waals surface area contributed by atoms with Crippen molar-refractivity contribution < 1.29 is 19.2 Å². The molecule has 178 valence electrons. The molecule has 0 aliphatic carbocycles. The first kappa shape index (κ1) is 24.7. The maximum atomic E-state index is 12.7. The number of nitrogens with zero attached hydrogens (tertiary/aromatic N) is 3. The Morgan fingerprint density at radius 1 is 1.15 bits per heavy atom. The number of anilines is 1. The highest BCUT2D eigenvalue weighted by molar-refractivity contribution is 6.32. The molecule has 0 spiro atoms. The molecule has 1 heterocycles. The molecule has 0 saturated heterocycles. The quantitative estimate of drug-likeness (QED) is 0.323. The van der Waals surface area contributed by atoms with Gasteiger partial charge in [-0.3, -0.25) is 24.4 Å². The van der Waals surface area contributed by atoms with Gasteiger partial charge < -0.3 is 15.4 Å². The number of hydrogen-bond acceptors (Lipinski definition) is 6. The van der Waals surface area contributed by atoms with Crippen molar-refractivity contribution >= 4 is 34.8 Å². The minimum Gasteiger partial charge on any atom is -0.487 e. The number of rotatable bonds is 10. The maximum absolute atomic E-state index is 12.7. The number of ether oxygens (including phenoxy) is 1. The summed E-state index contributed by atoms with van der Waals surface area (Å²) >= 11 is 6.04. The fourth-order valence-electron chi connectivity index (χ4n) is 2.99. The Balaban J connectivity index is 1.65. The summed E-state index contributed by atoms with van der Waals surface area (Å²) in [5, 5.41) is 20.7. The van der Waals surface area contributed by atoms with Crippen molar-refractivity contribution in [3.63, 3.8) is 0 Å². The molecule has 0 aliphatic rings. The van der Waals surface area contributed by atoms with E-state index in [-0.39, 0.29) is 34.8 Å². The minimum absolute atomic E-state index is 0.122. The first-order valence-corrected chi connectivity index (χ1v) is 11.0. The minimum atomic E-state index is -0.534. The number of hydrogen-bond donors (Lipinski definition) is 2. The molecule has 0 atom stereocenters. The number of carbonyl (C=O) groups excluding carboxylic acids is 2. The van der Waals surface area contributed by atoms with E-state index >= 15 is 0 Å². The number of halogens is 1. The first-order chi connectivity index (χ1) is 16.3. The summed E-state index contributed by atoms with van der Waals surface area (Å²) in [5.74, 6) is -0.413. The van der Waals surface area contributed by atoms with Gasteiger partial charge in [0.1, 0.15) is 12.4 Å². The van der Waals surface area contributed by atoms with Gasteiger partial charge in [0.25, 0.3) is 17.5 Å². The summed E-state index contributed by atoms with van der Waals surface area (Å²) in [6.07, 6.45) is 2.41. The summed E-state index contributed by atoms with van der Waals surface area (Å²) in [6.45, 7) is 5.06. The zero-order valence-electron chi connectivity index (χ0n) is 18.7. The smallest absolute Gasteiger partial charge is 0.273 e. The van der Waals surface area contributed by atoms with Crippen LogP contribution in [0, 0.1) is 10.1 Å². The number of aryl methyl sites for hydroxylation is 1. The van der Waals surface area contributed by atoms with E-state index < -0.39 is 4.92 Å². The molecular formula is C23H24ClN5O5. The van der Waals surface area contributed by atoms with Gasteiger partial charge in [0, 0.05) is 37.0 Å². The standard InChI is InChI=1S/C23H24ClN5O5/c1-3-11-25-23(31)21-19(13-28(4-2)27-21)26-22(30)16-7-5-15(6-8-16)14-34-20-10-9-17(29(32)33)12-18(20)24/h5-10,12-13H,3-4,11,14H2,1-2H3,(H,25,31)(H,26,30). The first-order valence-electron chi connectivity index (χ1n) is 10.6. The molecular weight excluding hydrogens is 462 g/mol. The molecule has 3 rings (SSSR count). The van der Waals surface area contributed by atoms with Crippen LogP contribution >= 0.6 is 11.6 Å². The predicted molar refractivity (Wildman–Crippen MR) is 127 cm³/mol. The lowest BCUT2D eigenvalue weighted by molar-refractivity contribution is -0.384. The van der Waals surface area contributed by atoms with E-state index in [4.69, 9.17) is 16.3 Å². The van der Waals surface area contributed by atoms with Crippen molar-refractivity contribution in [1.82, 2.24) is 15.1 Å². The molecule has 0 unspecified atom stereocenters. The number of carbonyl (C=O) groups is 2. The van der Waals surface area contributed by atoms with Crippen LogP contribution in [0.2, 0.25) is 5.02 Å². The molecule has 0 saturated carbocycles. The third kappa shape index (κ3) is 6.10. The Kier molecular flexibility index (Phi) is 8.20. The monoisotopic (exact) mass is 485 g/mol. The van der Waals surface area contributed by atoms with Crippen molar-refractivity contribution in [2.75, 3.05) is 11.9 Å². The van der Waals surface area contributed by atoms with Crippen molar-refractivity contribution in [2.45, 2.75) is 33.4 Å². The molecule has 0 fully saturated rings. The van der Waals surface area contributed by atoms with Gasteiger partial charge >= 0.3 is 0 Å². The predicted octanol–water partition coefficient (Wildman–Crippen LogP) is 4.44. The second-order valence-corrected chi connectivity index (χ2v) is 7.72. The highest BCUT2D eigenvalue weighted by Gasteiger charge is 2.19. The topological polar surface area (TPSA) is 128 Å². The van der Waals surface area contributed by atoms with Crippen LogP contribution in [0.15, 0.2) is 48.7 Å². The fourth-order valence-corrected chi connectivity index (χ4v) is 3.22. The van der Waals surface area contributed by atoms with Crippen LogP contribution in [0.4, 0.5) is 11.4 Å². The summed E-state index contributed by atoms with van der Waals surface area (Å²) in [7, 11) is 0. The fraction of sp³-hybridized carbons (Fsp3) is 0.261. The van der Waals surface area contributed by atoms with Crippen molar-refractivity contribution in [1.29, 1.82) is 0 Å². The number of nitro benzene ring substituents is 1. The third-order valence-corrected chi connectivity index (χ3v) is 5.12. The molecule has 2 amide bonds. The molecule has 2 aromatic carbocycles. The van der Waals surface area contributed by atoms with E-state index in [1.807, 2.05) is 13.8 Å². The highest BCUT2D eigenvalue weighted by atomic mass is 35.5. The van der Waals surface area contributed by atoms with E-state index in [9.17, 15) is 19.7 Å². The normalized spacial score (nSPS) is 10.6. The molecule has 2 N–H and O–H groups in total. The van der Waals surface area contributed by atoms with Gasteiger partial charge in [-0.25, -0.2) is 0 Å². The van der Waals surface area contributed by atoms with E-state index in [0.29, 0.717) is 30.1 Å². The van der Waals surface area contributed by atoms with E-state index in [0.717, 1.165) is 12.0 Å². The molecule has 0 aliphatic heterocycles. The second-order valence-electron chi connectivity index (χ2n) is 7.31. The molecule has 11 heteroatoms. The average Bonchev–Trinajstić information content (AvgIpc) is 3.24. The van der Waals surface area contributed by atoms with Gasteiger partial charge in [-0.05, 0) is 37.1 Å². The van der Waals surface area contributed by atoms with E-state index in [2.05, 4.69) is 15.7 Å². The second kappa shape index (κ2) is 11.3. The van der Waals surface area contributed by atoms with Gasteiger partial charge in [-0.1, -0.05) is 30.7 Å². The van der Waals surface area contributed by atoms with E-state index in [1.54, 1.807) is 35.1 Å². The van der Waals surface area contributed by atoms with Crippen LogP contribution in [0.1, 0.15) is 46.7 Å². The zero-order valence-corrected chi connectivity index (χ0v) is 19.5. The Morgan fingerprint density at radius 3 is 2.50 bits per heavy atom. The van der Waals surface area contributed by atoms with Gasteiger partial charge in [-0.2, -0.15) is 5.10 Å². The number of nitro groups is 1. The average molecular weight is 486 g/mol. The van der Waals surface area contributed by atoms with Crippen LogP contribution in [0.3, 0.4) is 0 Å². The largest absolute Gasteiger partial charge is 0.487 e. The summed E-state index contributed by atoms with van der Waals surface area (Å²) < 4.78 is 7.22. The summed E-state index contributed by atoms with van der Waals surface area (Å²) in [6, 6.07) is 10.7. The summed E-state index contributed by atoms with van der Waals surface area (Å²) in [4.78, 5) is 35.4. The summed E-state index contributed by atoms with van der Waals surface area (Å²) in [5.41, 5.74) is 1.53. The van der Waals surface area contributed by atoms with Crippen molar-refractivity contribution in [3.8, 4) is 5.75 Å². The Hall–Kier alpha value is -3.92. The third-order valence-electron chi connectivity index (χ3n) is 4.82. The van der Waals surface area contributed by atoms with Gasteiger partial charge in [0.05, 0.1) is 15.6 Å². The van der Waals surface area contributed by atoms with Crippen LogP contribution < -0.4 is 15.4 Å². The number of non-ortho nitro benzene ring substituents is 1. The highest BCUT2D eigenvalue weighted by Crippen LogP contribution is 2.29. The molecule has 0 bridgehead atoms. The SMILES string of the molecule is CCCNC(=O)c1nn(CC)cc1NC(=O)c1ccc(COc2ccc([N+](=O)[O-])cc2Cl)cc1. The zero-order chi connectivity index (χ0) is 24.7. The van der Waals surface area contributed by atoms with Crippen molar-refractivity contribution in [2.24, 2.45) is 0 Å². The van der Waals surface area contributed by atoms with Crippen LogP contribution in [-0.4, -0.2) is 33.1 Å². The Labute approximate surface area is 201 Å². The van der Waals surface area contributed by atoms with Gasteiger partial charge in [-0.15, -0.1) is 0 Å².